The first-order valence-electron chi connectivity index (χ1n) is 13.9. The van der Waals surface area contributed by atoms with Gasteiger partial charge in [-0.25, -0.2) is 0 Å². The lowest BCUT2D eigenvalue weighted by atomic mass is 10.0. The Morgan fingerprint density at radius 2 is 1.74 bits per heavy atom. The molecule has 4 rings (SSSR count). The summed E-state index contributed by atoms with van der Waals surface area (Å²) in [6.45, 7) is 9.89. The number of hydrogen-bond donors (Lipinski definition) is 1. The first kappa shape index (κ1) is 27.8. The number of aryl methyl sites for hydroxylation is 1. The third-order valence-corrected chi connectivity index (χ3v) is 6.84. The summed E-state index contributed by atoms with van der Waals surface area (Å²) < 4.78 is 17.2. The zero-order chi connectivity index (χ0) is 26.7. The summed E-state index contributed by atoms with van der Waals surface area (Å²) in [6.07, 6.45) is 4.35. The number of rotatable bonds is 13. The molecule has 2 aliphatic heterocycles. The number of fused-ring (bicyclic) bond motifs is 1. The fraction of sp³-hybridized carbons (Fsp3) is 0.533. The largest absolute Gasteiger partial charge is 0.494 e. The number of ether oxygens (including phenoxy) is 3. The number of hydrogen-bond acceptors (Lipinski definition) is 7. The Balaban J connectivity index is 1.13. The van der Waals surface area contributed by atoms with Crippen LogP contribution in [-0.4, -0.2) is 68.8 Å². The Kier molecular flexibility index (Phi) is 10.3. The standard InChI is InChI=1S/C30H41N3O5/c1-23(2)38-30(35)10-7-21-37-28-9-4-3-8-27(28)33-18-16-32(17-19-33)15-5-6-20-36-25-13-11-24-12-14-29(34)31-26(24)22-25/h3-4,8-9,11,13,22-23H,5-7,10,12,14-21H2,1-2H3,(H,31,34). The van der Waals surface area contributed by atoms with Crippen LogP contribution in [0.2, 0.25) is 0 Å². The number of amides is 1. The summed E-state index contributed by atoms with van der Waals surface area (Å²) in [5.74, 6) is 1.59. The molecule has 1 saturated heterocycles. The number of nitrogens with one attached hydrogen (secondary N) is 1. The van der Waals surface area contributed by atoms with Gasteiger partial charge in [-0.1, -0.05) is 18.2 Å². The van der Waals surface area contributed by atoms with Crippen molar-refractivity contribution in [2.75, 3.05) is 56.2 Å². The van der Waals surface area contributed by atoms with E-state index in [1.165, 1.54) is 5.56 Å². The van der Waals surface area contributed by atoms with Gasteiger partial charge in [0.15, 0.2) is 0 Å². The Labute approximate surface area is 226 Å². The molecule has 8 nitrogen and oxygen atoms in total. The maximum absolute atomic E-state index is 11.7. The second-order valence-corrected chi connectivity index (χ2v) is 10.2. The van der Waals surface area contributed by atoms with E-state index < -0.39 is 0 Å². The number of carbonyl (C=O) groups excluding carboxylic acids is 2. The van der Waals surface area contributed by atoms with Crippen LogP contribution in [0.1, 0.15) is 51.5 Å². The molecule has 2 aromatic carbocycles. The van der Waals surface area contributed by atoms with Gasteiger partial charge < -0.3 is 24.4 Å². The Hall–Kier alpha value is -3.26. The van der Waals surface area contributed by atoms with Crippen molar-refractivity contribution in [2.24, 2.45) is 0 Å². The minimum Gasteiger partial charge on any atom is -0.494 e. The molecule has 0 aliphatic carbocycles. The van der Waals surface area contributed by atoms with E-state index >= 15 is 0 Å². The molecule has 0 aromatic heterocycles. The molecule has 0 atom stereocenters. The Morgan fingerprint density at radius 1 is 0.947 bits per heavy atom. The molecule has 2 heterocycles. The van der Waals surface area contributed by atoms with Gasteiger partial charge in [0.05, 0.1) is 25.0 Å². The number of esters is 1. The fourth-order valence-corrected chi connectivity index (χ4v) is 4.84. The van der Waals surface area contributed by atoms with Crippen LogP contribution in [0.3, 0.4) is 0 Å². The number of carbonyl (C=O) groups is 2. The molecule has 1 N–H and O–H groups in total. The molecule has 38 heavy (non-hydrogen) atoms. The van der Waals surface area contributed by atoms with Crippen LogP contribution in [0.4, 0.5) is 11.4 Å². The number of unbranched alkanes of at least 4 members (excludes halogenated alkanes) is 1. The van der Waals surface area contributed by atoms with Gasteiger partial charge in [0.1, 0.15) is 11.5 Å². The number of benzene rings is 2. The van der Waals surface area contributed by atoms with E-state index in [9.17, 15) is 9.59 Å². The number of nitrogens with zero attached hydrogens (tertiary/aromatic N) is 2. The zero-order valence-electron chi connectivity index (χ0n) is 22.7. The Morgan fingerprint density at radius 3 is 2.55 bits per heavy atom. The molecule has 0 unspecified atom stereocenters. The number of piperazine rings is 1. The molecule has 1 amide bonds. The van der Waals surface area contributed by atoms with Crippen molar-refractivity contribution in [2.45, 2.75) is 58.5 Å². The third kappa shape index (κ3) is 8.38. The first-order valence-corrected chi connectivity index (χ1v) is 13.9. The zero-order valence-corrected chi connectivity index (χ0v) is 22.7. The number of para-hydroxylation sites is 2. The van der Waals surface area contributed by atoms with Crippen LogP contribution in [0.25, 0.3) is 0 Å². The van der Waals surface area contributed by atoms with Crippen molar-refractivity contribution < 1.29 is 23.8 Å². The summed E-state index contributed by atoms with van der Waals surface area (Å²) in [5, 5.41) is 2.93. The molecule has 0 saturated carbocycles. The van der Waals surface area contributed by atoms with Crippen LogP contribution < -0.4 is 19.7 Å². The maximum atomic E-state index is 11.7. The van der Waals surface area contributed by atoms with Crippen LogP contribution in [-0.2, 0) is 20.7 Å². The highest BCUT2D eigenvalue weighted by atomic mass is 16.5. The lowest BCUT2D eigenvalue weighted by Gasteiger charge is -2.36. The second kappa shape index (κ2) is 14.0. The average molecular weight is 524 g/mol. The van der Waals surface area contributed by atoms with Crippen molar-refractivity contribution in [1.82, 2.24) is 4.90 Å². The summed E-state index contributed by atoms with van der Waals surface area (Å²) >= 11 is 0. The first-order chi connectivity index (χ1) is 18.5. The molecule has 8 heteroatoms. The molecular weight excluding hydrogens is 482 g/mol. The fourth-order valence-electron chi connectivity index (χ4n) is 4.84. The number of anilines is 2. The molecule has 1 fully saturated rings. The maximum Gasteiger partial charge on any atom is 0.306 e. The SMILES string of the molecule is CC(C)OC(=O)CCCOc1ccccc1N1CCN(CCCCOc2ccc3c(c2)NC(=O)CC3)CC1. The van der Waals surface area contributed by atoms with E-state index in [1.54, 1.807) is 0 Å². The van der Waals surface area contributed by atoms with E-state index in [0.29, 0.717) is 32.5 Å². The quantitative estimate of drug-likeness (QED) is 0.302. The van der Waals surface area contributed by atoms with Gasteiger partial charge in [-0.05, 0) is 69.8 Å². The third-order valence-electron chi connectivity index (χ3n) is 6.84. The van der Waals surface area contributed by atoms with Crippen molar-refractivity contribution in [1.29, 1.82) is 0 Å². The molecule has 2 aliphatic rings. The lowest BCUT2D eigenvalue weighted by molar-refractivity contribution is -0.147. The lowest BCUT2D eigenvalue weighted by Crippen LogP contribution is -2.46. The van der Waals surface area contributed by atoms with Crippen LogP contribution in [0.5, 0.6) is 11.5 Å². The van der Waals surface area contributed by atoms with Crippen molar-refractivity contribution in [3.63, 3.8) is 0 Å². The molecular formula is C30H41N3O5. The van der Waals surface area contributed by atoms with Gasteiger partial charge in [0.2, 0.25) is 5.91 Å². The van der Waals surface area contributed by atoms with E-state index in [0.717, 1.165) is 74.9 Å². The molecule has 206 valence electrons. The highest BCUT2D eigenvalue weighted by Crippen LogP contribution is 2.29. The van der Waals surface area contributed by atoms with Gasteiger partial charge in [0, 0.05) is 50.8 Å². The summed E-state index contributed by atoms with van der Waals surface area (Å²) in [4.78, 5) is 28.3. The Bertz CT molecular complexity index is 1070. The summed E-state index contributed by atoms with van der Waals surface area (Å²) in [6, 6.07) is 14.1. The van der Waals surface area contributed by atoms with E-state index in [-0.39, 0.29) is 18.0 Å². The van der Waals surface area contributed by atoms with Crippen LogP contribution in [0, 0.1) is 0 Å². The highest BCUT2D eigenvalue weighted by Gasteiger charge is 2.20. The van der Waals surface area contributed by atoms with E-state index in [1.807, 2.05) is 44.2 Å². The van der Waals surface area contributed by atoms with E-state index in [4.69, 9.17) is 14.2 Å². The average Bonchev–Trinajstić information content (AvgIpc) is 2.91. The molecule has 2 aromatic rings. The normalized spacial score (nSPS) is 15.7. The second-order valence-electron chi connectivity index (χ2n) is 10.2. The topological polar surface area (TPSA) is 80.3 Å². The van der Waals surface area contributed by atoms with Crippen LogP contribution in [0.15, 0.2) is 42.5 Å². The predicted molar refractivity (Wildman–Crippen MR) is 149 cm³/mol. The van der Waals surface area contributed by atoms with Crippen LogP contribution >= 0.6 is 0 Å². The highest BCUT2D eigenvalue weighted by molar-refractivity contribution is 5.94. The summed E-state index contributed by atoms with van der Waals surface area (Å²) in [5.41, 5.74) is 3.18. The van der Waals surface area contributed by atoms with Gasteiger partial charge in [-0.3, -0.25) is 14.5 Å². The van der Waals surface area contributed by atoms with Gasteiger partial charge in [-0.15, -0.1) is 0 Å². The summed E-state index contributed by atoms with van der Waals surface area (Å²) in [7, 11) is 0. The van der Waals surface area contributed by atoms with E-state index in [2.05, 4.69) is 27.2 Å². The van der Waals surface area contributed by atoms with Gasteiger partial charge >= 0.3 is 5.97 Å². The smallest absolute Gasteiger partial charge is 0.306 e. The molecule has 0 radical (unpaired) electrons. The predicted octanol–water partition coefficient (Wildman–Crippen LogP) is 4.66. The monoisotopic (exact) mass is 523 g/mol. The van der Waals surface area contributed by atoms with Gasteiger partial charge in [-0.2, -0.15) is 0 Å². The molecule has 0 bridgehead atoms. The van der Waals surface area contributed by atoms with Crippen molar-refractivity contribution in [3.8, 4) is 11.5 Å². The van der Waals surface area contributed by atoms with Crippen molar-refractivity contribution >= 4 is 23.3 Å². The minimum absolute atomic E-state index is 0.0755. The minimum atomic E-state index is -0.173. The van der Waals surface area contributed by atoms with Crippen molar-refractivity contribution in [3.05, 3.63) is 48.0 Å². The van der Waals surface area contributed by atoms with Gasteiger partial charge in [0.25, 0.3) is 0 Å². The molecule has 0 spiro atoms.